The molecule has 2 aromatic carbocycles. The molecule has 1 N–H and O–H groups in total. The Kier molecular flexibility index (Phi) is 7.51. The van der Waals surface area contributed by atoms with E-state index in [4.69, 9.17) is 16.3 Å². The van der Waals surface area contributed by atoms with Gasteiger partial charge in [0.25, 0.3) is 0 Å². The normalized spacial score (nSPS) is 11.7. The molecule has 0 bridgehead atoms. The summed E-state index contributed by atoms with van der Waals surface area (Å²) in [5, 5.41) is 15.7. The van der Waals surface area contributed by atoms with Crippen LogP contribution in [0.3, 0.4) is 0 Å². The number of hydrogen-bond donors (Lipinski definition) is 1. The first-order valence-corrected chi connectivity index (χ1v) is 9.90. The van der Waals surface area contributed by atoms with Crippen LogP contribution < -0.4 is 5.32 Å². The third-order valence-corrected chi connectivity index (χ3v) is 4.52. The summed E-state index contributed by atoms with van der Waals surface area (Å²) in [6.07, 6.45) is 0.572. The van der Waals surface area contributed by atoms with Crippen LogP contribution in [0.25, 0.3) is 11.4 Å². The van der Waals surface area contributed by atoms with Crippen LogP contribution in [0.5, 0.6) is 0 Å². The summed E-state index contributed by atoms with van der Waals surface area (Å²) in [4.78, 5) is 25.2. The van der Waals surface area contributed by atoms with Crippen molar-refractivity contribution in [2.24, 2.45) is 0 Å². The topological polar surface area (TPSA) is 99.0 Å². The van der Waals surface area contributed by atoms with E-state index in [1.807, 2.05) is 30.3 Å². The zero-order valence-electron chi connectivity index (χ0n) is 16.5. The van der Waals surface area contributed by atoms with Crippen molar-refractivity contribution >= 4 is 23.5 Å². The minimum absolute atomic E-state index is 0.0287. The van der Waals surface area contributed by atoms with Gasteiger partial charge in [-0.1, -0.05) is 54.1 Å². The fourth-order valence-corrected chi connectivity index (χ4v) is 2.98. The van der Waals surface area contributed by atoms with Gasteiger partial charge in [-0.3, -0.25) is 9.59 Å². The van der Waals surface area contributed by atoms with Gasteiger partial charge in [0.1, 0.15) is 0 Å². The van der Waals surface area contributed by atoms with Crippen molar-refractivity contribution < 1.29 is 14.3 Å². The molecule has 0 fully saturated rings. The molecule has 1 heterocycles. The highest BCUT2D eigenvalue weighted by molar-refractivity contribution is 6.30. The van der Waals surface area contributed by atoms with Crippen molar-refractivity contribution in [3.8, 4) is 11.4 Å². The first-order chi connectivity index (χ1) is 14.5. The van der Waals surface area contributed by atoms with E-state index >= 15 is 0 Å². The largest absolute Gasteiger partial charge is 0.466 e. The van der Waals surface area contributed by atoms with Crippen LogP contribution in [-0.2, 0) is 20.9 Å². The third kappa shape index (κ3) is 6.38. The molecule has 3 rings (SSSR count). The lowest BCUT2D eigenvalue weighted by Crippen LogP contribution is -2.28. The summed E-state index contributed by atoms with van der Waals surface area (Å²) in [7, 11) is 0. The molecular formula is C21H22ClN5O3. The summed E-state index contributed by atoms with van der Waals surface area (Å²) in [5.41, 5.74) is 1.67. The molecule has 0 saturated heterocycles. The van der Waals surface area contributed by atoms with E-state index in [-0.39, 0.29) is 18.9 Å². The van der Waals surface area contributed by atoms with Crippen LogP contribution in [0.1, 0.15) is 31.4 Å². The van der Waals surface area contributed by atoms with E-state index in [0.717, 1.165) is 11.1 Å². The number of esters is 1. The van der Waals surface area contributed by atoms with Gasteiger partial charge in [0.2, 0.25) is 11.7 Å². The Morgan fingerprint density at radius 3 is 2.57 bits per heavy atom. The number of carbonyl (C=O) groups excluding carboxylic acids is 2. The van der Waals surface area contributed by atoms with Gasteiger partial charge < -0.3 is 10.1 Å². The Bertz CT molecular complexity index is 976. The summed E-state index contributed by atoms with van der Waals surface area (Å²) in [6.45, 7) is 2.09. The van der Waals surface area contributed by atoms with Crippen molar-refractivity contribution in [3.05, 3.63) is 65.2 Å². The van der Waals surface area contributed by atoms with Crippen LogP contribution in [0, 0.1) is 0 Å². The summed E-state index contributed by atoms with van der Waals surface area (Å²) in [5.74, 6) is -0.0804. The quantitative estimate of drug-likeness (QED) is 0.416. The van der Waals surface area contributed by atoms with Gasteiger partial charge in [0, 0.05) is 23.9 Å². The molecule has 30 heavy (non-hydrogen) atoms. The van der Waals surface area contributed by atoms with Crippen LogP contribution in [0.2, 0.25) is 5.02 Å². The second-order valence-corrected chi connectivity index (χ2v) is 7.09. The first kappa shape index (κ1) is 21.4. The van der Waals surface area contributed by atoms with Crippen molar-refractivity contribution in [2.45, 2.75) is 32.4 Å². The Morgan fingerprint density at radius 2 is 1.87 bits per heavy atom. The Morgan fingerprint density at radius 1 is 1.13 bits per heavy atom. The highest BCUT2D eigenvalue weighted by Gasteiger charge is 2.18. The molecule has 1 amide bonds. The molecule has 0 aliphatic heterocycles. The number of amides is 1. The number of tetrazole rings is 1. The van der Waals surface area contributed by atoms with Gasteiger partial charge in [-0.25, -0.2) is 0 Å². The highest BCUT2D eigenvalue weighted by Crippen LogP contribution is 2.20. The number of rotatable bonds is 9. The molecule has 1 aromatic heterocycles. The second kappa shape index (κ2) is 10.5. The maximum absolute atomic E-state index is 12.2. The molecular weight excluding hydrogens is 406 g/mol. The fourth-order valence-electron chi connectivity index (χ4n) is 2.85. The molecule has 0 aliphatic rings. The van der Waals surface area contributed by atoms with Crippen LogP contribution >= 0.6 is 11.6 Å². The maximum Gasteiger partial charge on any atom is 0.308 e. The SMILES string of the molecule is CC(=O)NC(CC(=O)OCCCn1nnc(-c2ccccc2)n1)c1ccc(Cl)cc1. The number of nitrogens with zero attached hydrogens (tertiary/aromatic N) is 4. The first-order valence-electron chi connectivity index (χ1n) is 9.52. The zero-order chi connectivity index (χ0) is 21.3. The minimum atomic E-state index is -0.474. The van der Waals surface area contributed by atoms with Gasteiger partial charge in [0.05, 0.1) is 25.6 Å². The van der Waals surface area contributed by atoms with Gasteiger partial charge in [-0.15, -0.1) is 10.2 Å². The number of aryl methyl sites for hydroxylation is 1. The number of halogens is 1. The second-order valence-electron chi connectivity index (χ2n) is 6.66. The predicted molar refractivity (Wildman–Crippen MR) is 111 cm³/mol. The lowest BCUT2D eigenvalue weighted by Gasteiger charge is -2.17. The van der Waals surface area contributed by atoms with E-state index < -0.39 is 12.0 Å². The van der Waals surface area contributed by atoms with E-state index in [1.165, 1.54) is 11.7 Å². The van der Waals surface area contributed by atoms with Crippen LogP contribution in [0.4, 0.5) is 0 Å². The average molecular weight is 428 g/mol. The smallest absolute Gasteiger partial charge is 0.308 e. The average Bonchev–Trinajstić information content (AvgIpc) is 3.21. The van der Waals surface area contributed by atoms with E-state index in [1.54, 1.807) is 24.3 Å². The van der Waals surface area contributed by atoms with Gasteiger partial charge in [0.15, 0.2) is 0 Å². The molecule has 0 radical (unpaired) electrons. The number of nitrogens with one attached hydrogen (secondary N) is 1. The minimum Gasteiger partial charge on any atom is -0.466 e. The zero-order valence-corrected chi connectivity index (χ0v) is 17.2. The highest BCUT2D eigenvalue weighted by atomic mass is 35.5. The lowest BCUT2D eigenvalue weighted by molar-refractivity contribution is -0.144. The van der Waals surface area contributed by atoms with Crippen molar-refractivity contribution in [1.29, 1.82) is 0 Å². The summed E-state index contributed by atoms with van der Waals surface area (Å²) >= 11 is 5.90. The van der Waals surface area contributed by atoms with E-state index in [0.29, 0.717) is 23.8 Å². The Balaban J connectivity index is 1.46. The molecule has 0 aliphatic carbocycles. The molecule has 0 saturated carbocycles. The molecule has 9 heteroatoms. The number of aromatic nitrogens is 4. The van der Waals surface area contributed by atoms with Crippen molar-refractivity contribution in [2.75, 3.05) is 6.61 Å². The fraction of sp³-hybridized carbons (Fsp3) is 0.286. The van der Waals surface area contributed by atoms with Crippen LogP contribution in [-0.4, -0.2) is 38.7 Å². The number of ether oxygens (including phenoxy) is 1. The number of hydrogen-bond acceptors (Lipinski definition) is 6. The third-order valence-electron chi connectivity index (χ3n) is 4.27. The van der Waals surface area contributed by atoms with Crippen molar-refractivity contribution in [1.82, 2.24) is 25.5 Å². The van der Waals surface area contributed by atoms with Gasteiger partial charge >= 0.3 is 5.97 Å². The molecule has 156 valence electrons. The van der Waals surface area contributed by atoms with E-state index in [9.17, 15) is 9.59 Å². The van der Waals surface area contributed by atoms with Crippen molar-refractivity contribution in [3.63, 3.8) is 0 Å². The van der Waals surface area contributed by atoms with Gasteiger partial charge in [-0.05, 0) is 22.9 Å². The van der Waals surface area contributed by atoms with Crippen LogP contribution in [0.15, 0.2) is 54.6 Å². The molecule has 8 nitrogen and oxygen atoms in total. The standard InChI is InChI=1S/C21H22ClN5O3/c1-15(28)23-19(16-8-10-18(22)11-9-16)14-20(29)30-13-5-12-27-25-21(24-26-27)17-6-3-2-4-7-17/h2-4,6-11,19H,5,12-14H2,1H3,(H,23,28). The monoisotopic (exact) mass is 427 g/mol. The molecule has 1 atom stereocenters. The molecule has 0 spiro atoms. The summed E-state index contributed by atoms with van der Waals surface area (Å²) < 4.78 is 5.31. The van der Waals surface area contributed by atoms with E-state index in [2.05, 4.69) is 20.7 Å². The lowest BCUT2D eigenvalue weighted by atomic mass is 10.0. The Hall–Kier alpha value is -3.26. The Labute approximate surface area is 179 Å². The molecule has 1 unspecified atom stereocenters. The summed E-state index contributed by atoms with van der Waals surface area (Å²) in [6, 6.07) is 16.1. The maximum atomic E-state index is 12.2. The number of carbonyl (C=O) groups is 2. The van der Waals surface area contributed by atoms with Gasteiger partial charge in [-0.2, -0.15) is 4.80 Å². The predicted octanol–water partition coefficient (Wildman–Crippen LogP) is 3.19. The number of benzene rings is 2. The molecule has 3 aromatic rings.